The average Bonchev–Trinajstić information content (AvgIpc) is 2.83. The molecule has 1 aliphatic heterocycles. The quantitative estimate of drug-likeness (QED) is 0.795. The second kappa shape index (κ2) is 5.39. The van der Waals surface area contributed by atoms with Crippen molar-refractivity contribution in [2.45, 2.75) is 6.10 Å². The maximum absolute atomic E-state index is 13.9. The molecule has 0 aliphatic carbocycles. The van der Waals surface area contributed by atoms with Gasteiger partial charge in [0, 0.05) is 22.6 Å². The Bertz CT molecular complexity index is 965. The number of hydrogen-bond donors (Lipinski definition) is 1. The molecule has 3 aromatic rings. The number of anilines is 1. The zero-order valence-corrected chi connectivity index (χ0v) is 12.5. The van der Waals surface area contributed by atoms with Crippen LogP contribution in [0.4, 0.5) is 14.5 Å². The first-order valence-corrected chi connectivity index (χ1v) is 7.53. The Morgan fingerprint density at radius 1 is 1.04 bits per heavy atom. The molecule has 0 spiro atoms. The number of β-amino-alcohol motifs (C(OH)–C–C–N with tert-alkyl or cyclic N) is 1. The molecule has 0 radical (unpaired) electrons. The van der Waals surface area contributed by atoms with E-state index in [2.05, 4.69) is 0 Å². The minimum Gasteiger partial charge on any atom is -0.386 e. The minimum absolute atomic E-state index is 0.0349. The van der Waals surface area contributed by atoms with Crippen molar-refractivity contribution in [3.63, 3.8) is 0 Å². The number of halogens is 2. The molecule has 120 valence electrons. The van der Waals surface area contributed by atoms with Crippen molar-refractivity contribution in [3.8, 4) is 0 Å². The van der Waals surface area contributed by atoms with Crippen LogP contribution in [0.3, 0.4) is 0 Å². The van der Waals surface area contributed by atoms with Gasteiger partial charge in [-0.2, -0.15) is 0 Å². The van der Waals surface area contributed by atoms with Crippen molar-refractivity contribution in [1.82, 2.24) is 0 Å². The lowest BCUT2D eigenvalue weighted by atomic mass is 10.1. The summed E-state index contributed by atoms with van der Waals surface area (Å²) in [4.78, 5) is 14.1. The summed E-state index contributed by atoms with van der Waals surface area (Å²) in [5, 5.41) is 12.1. The SMILES string of the molecule is O=C1c2cccc3cccc(c23)N1C[C@@H](O)c1ccc(F)cc1F. The minimum atomic E-state index is -1.25. The summed E-state index contributed by atoms with van der Waals surface area (Å²) in [5.74, 6) is -1.77. The largest absolute Gasteiger partial charge is 0.386 e. The fourth-order valence-electron chi connectivity index (χ4n) is 3.20. The molecule has 0 fully saturated rings. The maximum Gasteiger partial charge on any atom is 0.259 e. The van der Waals surface area contributed by atoms with Crippen LogP contribution in [-0.4, -0.2) is 17.6 Å². The molecular weight excluding hydrogens is 312 g/mol. The van der Waals surface area contributed by atoms with E-state index in [4.69, 9.17) is 0 Å². The third-order valence-electron chi connectivity index (χ3n) is 4.33. The lowest BCUT2D eigenvalue weighted by Gasteiger charge is -2.22. The van der Waals surface area contributed by atoms with Crippen molar-refractivity contribution >= 4 is 22.4 Å². The predicted octanol–water partition coefficient (Wildman–Crippen LogP) is 3.81. The van der Waals surface area contributed by atoms with Crippen LogP contribution in [0, 0.1) is 11.6 Å². The molecule has 0 bridgehead atoms. The summed E-state index contributed by atoms with van der Waals surface area (Å²) in [7, 11) is 0. The van der Waals surface area contributed by atoms with Gasteiger partial charge in [-0.3, -0.25) is 4.79 Å². The van der Waals surface area contributed by atoms with Crippen LogP contribution in [0.5, 0.6) is 0 Å². The highest BCUT2D eigenvalue weighted by Crippen LogP contribution is 2.38. The molecular formula is C19H13F2NO2. The van der Waals surface area contributed by atoms with Crippen LogP contribution in [-0.2, 0) is 0 Å². The fourth-order valence-corrected chi connectivity index (χ4v) is 3.20. The first kappa shape index (κ1) is 14.8. The number of amides is 1. The Morgan fingerprint density at radius 3 is 2.54 bits per heavy atom. The highest BCUT2D eigenvalue weighted by molar-refractivity contribution is 6.25. The number of carbonyl (C=O) groups excluding carboxylic acids is 1. The Hall–Kier alpha value is -2.79. The number of aliphatic hydroxyl groups is 1. The van der Waals surface area contributed by atoms with E-state index in [1.165, 1.54) is 11.0 Å². The van der Waals surface area contributed by atoms with Crippen LogP contribution < -0.4 is 4.90 Å². The van der Waals surface area contributed by atoms with E-state index in [9.17, 15) is 18.7 Å². The van der Waals surface area contributed by atoms with Gasteiger partial charge in [0.2, 0.25) is 0 Å². The second-order valence-electron chi connectivity index (χ2n) is 5.78. The first-order valence-electron chi connectivity index (χ1n) is 7.53. The van der Waals surface area contributed by atoms with Gasteiger partial charge in [0.15, 0.2) is 0 Å². The average molecular weight is 325 g/mol. The topological polar surface area (TPSA) is 40.5 Å². The van der Waals surface area contributed by atoms with Gasteiger partial charge in [-0.25, -0.2) is 8.78 Å². The molecule has 1 amide bonds. The van der Waals surface area contributed by atoms with Gasteiger partial charge in [-0.05, 0) is 23.6 Å². The highest BCUT2D eigenvalue weighted by atomic mass is 19.1. The van der Waals surface area contributed by atoms with E-state index < -0.39 is 17.7 Å². The molecule has 4 rings (SSSR count). The van der Waals surface area contributed by atoms with Crippen molar-refractivity contribution in [3.05, 3.63) is 77.4 Å². The van der Waals surface area contributed by atoms with Crippen LogP contribution in [0.25, 0.3) is 10.8 Å². The molecule has 1 heterocycles. The first-order chi connectivity index (χ1) is 11.6. The number of aliphatic hydroxyl groups excluding tert-OH is 1. The molecule has 0 saturated heterocycles. The van der Waals surface area contributed by atoms with Crippen LogP contribution in [0.2, 0.25) is 0 Å². The summed E-state index contributed by atoms with van der Waals surface area (Å²) >= 11 is 0. The molecule has 0 aromatic heterocycles. The van der Waals surface area contributed by atoms with Crippen molar-refractivity contribution in [2.75, 3.05) is 11.4 Å². The molecule has 5 heteroatoms. The van der Waals surface area contributed by atoms with E-state index in [0.717, 1.165) is 22.9 Å². The zero-order valence-electron chi connectivity index (χ0n) is 12.5. The molecule has 1 N–H and O–H groups in total. The molecule has 1 atom stereocenters. The summed E-state index contributed by atoms with van der Waals surface area (Å²) in [6, 6.07) is 14.0. The number of rotatable bonds is 3. The molecule has 1 aliphatic rings. The Labute approximate surface area is 136 Å². The Balaban J connectivity index is 1.71. The fraction of sp³-hybridized carbons (Fsp3) is 0.105. The smallest absolute Gasteiger partial charge is 0.259 e. The van der Waals surface area contributed by atoms with E-state index >= 15 is 0 Å². The van der Waals surface area contributed by atoms with E-state index in [0.29, 0.717) is 11.3 Å². The van der Waals surface area contributed by atoms with E-state index in [1.807, 2.05) is 18.2 Å². The lowest BCUT2D eigenvalue weighted by molar-refractivity contribution is 0.0967. The van der Waals surface area contributed by atoms with Gasteiger partial charge in [-0.1, -0.05) is 30.3 Å². The van der Waals surface area contributed by atoms with Crippen LogP contribution in [0.15, 0.2) is 54.6 Å². The monoisotopic (exact) mass is 325 g/mol. The van der Waals surface area contributed by atoms with Gasteiger partial charge < -0.3 is 10.0 Å². The van der Waals surface area contributed by atoms with Crippen LogP contribution >= 0.6 is 0 Å². The molecule has 0 unspecified atom stereocenters. The molecule has 3 nitrogen and oxygen atoms in total. The maximum atomic E-state index is 13.9. The second-order valence-corrected chi connectivity index (χ2v) is 5.78. The normalized spacial score (nSPS) is 14.5. The number of nitrogens with zero attached hydrogens (tertiary/aromatic N) is 1. The van der Waals surface area contributed by atoms with Crippen LogP contribution in [0.1, 0.15) is 22.0 Å². The third kappa shape index (κ3) is 2.17. The Morgan fingerprint density at radius 2 is 1.79 bits per heavy atom. The molecule has 0 saturated carbocycles. The third-order valence-corrected chi connectivity index (χ3v) is 4.33. The van der Waals surface area contributed by atoms with E-state index in [1.54, 1.807) is 18.2 Å². The zero-order chi connectivity index (χ0) is 16.8. The summed E-state index contributed by atoms with van der Waals surface area (Å²) < 4.78 is 26.9. The summed E-state index contributed by atoms with van der Waals surface area (Å²) in [6.07, 6.45) is -1.25. The Kier molecular flexibility index (Phi) is 3.32. The van der Waals surface area contributed by atoms with Gasteiger partial charge in [0.25, 0.3) is 5.91 Å². The summed E-state index contributed by atoms with van der Waals surface area (Å²) in [6.45, 7) is -0.102. The van der Waals surface area contributed by atoms with Gasteiger partial charge >= 0.3 is 0 Å². The van der Waals surface area contributed by atoms with Gasteiger partial charge in [-0.15, -0.1) is 0 Å². The number of carbonyl (C=O) groups is 1. The summed E-state index contributed by atoms with van der Waals surface area (Å²) in [5.41, 5.74) is 1.22. The molecule has 24 heavy (non-hydrogen) atoms. The van der Waals surface area contributed by atoms with E-state index in [-0.39, 0.29) is 18.0 Å². The highest BCUT2D eigenvalue weighted by Gasteiger charge is 2.31. The predicted molar refractivity (Wildman–Crippen MR) is 86.9 cm³/mol. The van der Waals surface area contributed by atoms with Crippen molar-refractivity contribution in [1.29, 1.82) is 0 Å². The lowest BCUT2D eigenvalue weighted by Crippen LogP contribution is -2.31. The van der Waals surface area contributed by atoms with Gasteiger partial charge in [0.1, 0.15) is 11.6 Å². The number of benzene rings is 3. The van der Waals surface area contributed by atoms with Crippen molar-refractivity contribution in [2.24, 2.45) is 0 Å². The number of hydrogen-bond acceptors (Lipinski definition) is 2. The molecule has 3 aromatic carbocycles. The van der Waals surface area contributed by atoms with Crippen molar-refractivity contribution < 1.29 is 18.7 Å². The van der Waals surface area contributed by atoms with Gasteiger partial charge in [0.05, 0.1) is 18.3 Å². The standard InChI is InChI=1S/C19H13F2NO2/c20-12-7-8-13(15(21)9-12)17(23)10-22-16-6-2-4-11-3-1-5-14(18(11)16)19(22)24/h1-9,17,23H,10H2/t17-/m1/s1.